The Hall–Kier alpha value is -1.54. The average Bonchev–Trinajstić information content (AvgIpc) is 2.54. The molecule has 1 aliphatic rings. The van der Waals surface area contributed by atoms with Crippen LogP contribution in [0.1, 0.15) is 17.2 Å². The molecule has 0 amide bonds. The lowest BCUT2D eigenvalue weighted by atomic mass is 10.1. The number of nitrogens with one attached hydrogen (secondary N) is 1. The van der Waals surface area contributed by atoms with E-state index in [1.165, 1.54) is 28.6 Å². The van der Waals surface area contributed by atoms with Crippen LogP contribution in [0.2, 0.25) is 0 Å². The molecule has 1 unspecified atom stereocenters. The summed E-state index contributed by atoms with van der Waals surface area (Å²) in [5.74, 6) is -1.01. The predicted molar refractivity (Wildman–Crippen MR) is 94.3 cm³/mol. The number of hydrogen-bond acceptors (Lipinski definition) is 3. The molecule has 0 aliphatic carbocycles. The molecule has 0 saturated carbocycles. The van der Waals surface area contributed by atoms with Gasteiger partial charge in [0.25, 0.3) is 0 Å². The minimum Gasteiger partial charge on any atom is -0.313 e. The van der Waals surface area contributed by atoms with E-state index in [9.17, 15) is 17.2 Å². The third-order valence-electron chi connectivity index (χ3n) is 4.05. The Morgan fingerprint density at radius 3 is 2.56 bits per heavy atom. The number of hydrogen-bond donors (Lipinski definition) is 1. The minimum atomic E-state index is -3.89. The second-order valence-electron chi connectivity index (χ2n) is 5.85. The highest BCUT2D eigenvalue weighted by atomic mass is 35.5. The van der Waals surface area contributed by atoms with Crippen molar-refractivity contribution in [3.63, 3.8) is 0 Å². The van der Waals surface area contributed by atoms with Gasteiger partial charge in [-0.05, 0) is 48.4 Å². The number of nitrogens with zero attached hydrogens (tertiary/aromatic N) is 1. The second-order valence-corrected chi connectivity index (χ2v) is 7.75. The largest absolute Gasteiger partial charge is 0.313 e. The van der Waals surface area contributed by atoms with Crippen molar-refractivity contribution in [3.05, 3.63) is 65.2 Å². The third kappa shape index (κ3) is 4.17. The van der Waals surface area contributed by atoms with E-state index in [1.54, 1.807) is 19.1 Å². The number of benzene rings is 2. The summed E-state index contributed by atoms with van der Waals surface area (Å²) in [4.78, 5) is -0.0803. The highest BCUT2D eigenvalue weighted by Gasteiger charge is 2.34. The maximum absolute atomic E-state index is 13.7. The Morgan fingerprint density at radius 1 is 1.12 bits per heavy atom. The van der Waals surface area contributed by atoms with Gasteiger partial charge in [0.15, 0.2) is 0 Å². The topological polar surface area (TPSA) is 49.4 Å². The van der Waals surface area contributed by atoms with Crippen LogP contribution in [0.25, 0.3) is 0 Å². The fraction of sp³-hybridized carbons (Fsp3) is 0.294. The van der Waals surface area contributed by atoms with Crippen molar-refractivity contribution in [1.29, 1.82) is 0 Å². The molecular formula is C17H19ClF2N2O2S. The van der Waals surface area contributed by atoms with E-state index in [-0.39, 0.29) is 23.8 Å². The standard InChI is InChI=1S/C17H18F2N2O2S.ClH/c1-12-7-15(19)10-16(8-12)24(22,23)21-6-5-20-11-17(21)13-3-2-4-14(18)9-13;/h2-4,7-10,17,20H,5-6,11H2,1H3;1H. The Morgan fingerprint density at radius 2 is 1.88 bits per heavy atom. The maximum atomic E-state index is 13.7. The summed E-state index contributed by atoms with van der Waals surface area (Å²) in [5.41, 5.74) is 1.10. The Bertz CT molecular complexity index is 841. The van der Waals surface area contributed by atoms with Crippen LogP contribution in [0.5, 0.6) is 0 Å². The van der Waals surface area contributed by atoms with Crippen LogP contribution in [-0.2, 0) is 10.0 Å². The van der Waals surface area contributed by atoms with E-state index < -0.39 is 27.7 Å². The summed E-state index contributed by atoms with van der Waals surface area (Å²) >= 11 is 0. The number of aryl methyl sites for hydroxylation is 1. The molecule has 3 rings (SSSR count). The van der Waals surface area contributed by atoms with Gasteiger partial charge in [-0.3, -0.25) is 0 Å². The zero-order valence-electron chi connectivity index (χ0n) is 13.6. The molecule has 2 aromatic rings. The second kappa shape index (κ2) is 7.78. The summed E-state index contributed by atoms with van der Waals surface area (Å²) in [5, 5.41) is 3.13. The normalized spacial score (nSPS) is 18.6. The predicted octanol–water partition coefficient (Wildman–Crippen LogP) is 3.03. The monoisotopic (exact) mass is 388 g/mol. The SMILES string of the molecule is Cc1cc(F)cc(S(=O)(=O)N2CCNCC2c2cccc(F)c2)c1.Cl. The van der Waals surface area contributed by atoms with Gasteiger partial charge in [-0.2, -0.15) is 4.31 Å². The zero-order valence-corrected chi connectivity index (χ0v) is 15.2. The van der Waals surface area contributed by atoms with E-state index in [2.05, 4.69) is 5.32 Å². The average molecular weight is 389 g/mol. The van der Waals surface area contributed by atoms with Gasteiger partial charge in [0, 0.05) is 19.6 Å². The first-order valence-electron chi connectivity index (χ1n) is 7.63. The molecule has 1 N–H and O–H groups in total. The minimum absolute atomic E-state index is 0. The molecule has 0 spiro atoms. The molecule has 1 saturated heterocycles. The summed E-state index contributed by atoms with van der Waals surface area (Å²) < 4.78 is 54.5. The van der Waals surface area contributed by atoms with Crippen molar-refractivity contribution in [2.75, 3.05) is 19.6 Å². The van der Waals surface area contributed by atoms with Gasteiger partial charge >= 0.3 is 0 Å². The lowest BCUT2D eigenvalue weighted by molar-refractivity contribution is 0.271. The molecule has 136 valence electrons. The molecule has 1 fully saturated rings. The molecule has 1 aliphatic heterocycles. The van der Waals surface area contributed by atoms with Crippen LogP contribution < -0.4 is 5.32 Å². The summed E-state index contributed by atoms with van der Waals surface area (Å²) in [7, 11) is -3.89. The fourth-order valence-corrected chi connectivity index (χ4v) is 4.69. The van der Waals surface area contributed by atoms with Crippen LogP contribution in [-0.4, -0.2) is 32.4 Å². The van der Waals surface area contributed by atoms with Gasteiger partial charge in [-0.25, -0.2) is 17.2 Å². The Kier molecular flexibility index (Phi) is 6.16. The van der Waals surface area contributed by atoms with E-state index in [1.807, 2.05) is 0 Å². The van der Waals surface area contributed by atoms with Gasteiger partial charge in [0.2, 0.25) is 10.0 Å². The molecule has 0 aromatic heterocycles. The van der Waals surface area contributed by atoms with Crippen molar-refractivity contribution >= 4 is 22.4 Å². The highest BCUT2D eigenvalue weighted by Crippen LogP contribution is 2.29. The van der Waals surface area contributed by atoms with Crippen molar-refractivity contribution < 1.29 is 17.2 Å². The molecule has 0 radical (unpaired) electrons. The number of piperazine rings is 1. The van der Waals surface area contributed by atoms with Crippen molar-refractivity contribution in [3.8, 4) is 0 Å². The maximum Gasteiger partial charge on any atom is 0.243 e. The fourth-order valence-electron chi connectivity index (χ4n) is 2.96. The number of rotatable bonds is 3. The van der Waals surface area contributed by atoms with Crippen LogP contribution in [0.4, 0.5) is 8.78 Å². The first kappa shape index (κ1) is 19.8. The van der Waals surface area contributed by atoms with Gasteiger partial charge < -0.3 is 5.32 Å². The molecule has 25 heavy (non-hydrogen) atoms. The molecule has 1 heterocycles. The van der Waals surface area contributed by atoms with Gasteiger partial charge in [-0.1, -0.05) is 12.1 Å². The Labute approximate surface area is 152 Å². The molecule has 1 atom stereocenters. The first-order valence-corrected chi connectivity index (χ1v) is 9.07. The van der Waals surface area contributed by atoms with E-state index in [4.69, 9.17) is 0 Å². The highest BCUT2D eigenvalue weighted by molar-refractivity contribution is 7.89. The molecule has 8 heteroatoms. The van der Waals surface area contributed by atoms with Crippen LogP contribution in [0.15, 0.2) is 47.4 Å². The summed E-state index contributed by atoms with van der Waals surface area (Å²) in [6, 6.07) is 9.10. The van der Waals surface area contributed by atoms with Gasteiger partial charge in [-0.15, -0.1) is 12.4 Å². The van der Waals surface area contributed by atoms with Crippen LogP contribution >= 0.6 is 12.4 Å². The van der Waals surface area contributed by atoms with Gasteiger partial charge in [0.1, 0.15) is 11.6 Å². The smallest absolute Gasteiger partial charge is 0.243 e. The Balaban J connectivity index is 0.00000225. The van der Waals surface area contributed by atoms with E-state index >= 15 is 0 Å². The first-order chi connectivity index (χ1) is 11.4. The zero-order chi connectivity index (χ0) is 17.3. The molecule has 0 bridgehead atoms. The van der Waals surface area contributed by atoms with Gasteiger partial charge in [0.05, 0.1) is 10.9 Å². The third-order valence-corrected chi connectivity index (χ3v) is 5.94. The van der Waals surface area contributed by atoms with E-state index in [0.717, 1.165) is 6.07 Å². The van der Waals surface area contributed by atoms with Crippen molar-refractivity contribution in [1.82, 2.24) is 9.62 Å². The van der Waals surface area contributed by atoms with Crippen LogP contribution in [0, 0.1) is 18.6 Å². The summed E-state index contributed by atoms with van der Waals surface area (Å²) in [6.07, 6.45) is 0. The lowest BCUT2D eigenvalue weighted by Gasteiger charge is -2.35. The quantitative estimate of drug-likeness (QED) is 0.879. The molecule has 2 aromatic carbocycles. The van der Waals surface area contributed by atoms with Crippen LogP contribution in [0.3, 0.4) is 0 Å². The molecular weight excluding hydrogens is 370 g/mol. The molecule has 4 nitrogen and oxygen atoms in total. The van der Waals surface area contributed by atoms with E-state index in [0.29, 0.717) is 24.2 Å². The van der Waals surface area contributed by atoms with Crippen molar-refractivity contribution in [2.45, 2.75) is 17.9 Å². The van der Waals surface area contributed by atoms with Crippen molar-refractivity contribution in [2.24, 2.45) is 0 Å². The lowest BCUT2D eigenvalue weighted by Crippen LogP contribution is -2.48. The number of halogens is 3. The number of sulfonamides is 1. The summed E-state index contributed by atoms with van der Waals surface area (Å²) in [6.45, 7) is 2.74.